The molecule has 7 heteroatoms. The van der Waals surface area contributed by atoms with Crippen LogP contribution in [0.3, 0.4) is 0 Å². The minimum Gasteiger partial charge on any atom is -0.296 e. The number of halogens is 1. The summed E-state index contributed by atoms with van der Waals surface area (Å²) in [7, 11) is 1.79. The van der Waals surface area contributed by atoms with Crippen molar-refractivity contribution >= 4 is 17.2 Å². The van der Waals surface area contributed by atoms with E-state index in [4.69, 9.17) is 11.6 Å². The van der Waals surface area contributed by atoms with Crippen LogP contribution in [-0.2, 0) is 7.05 Å². The van der Waals surface area contributed by atoms with Crippen molar-refractivity contribution in [3.8, 4) is 22.4 Å². The van der Waals surface area contributed by atoms with Crippen LogP contribution < -0.4 is 5.56 Å². The minimum absolute atomic E-state index is 0.174. The van der Waals surface area contributed by atoms with E-state index in [0.717, 1.165) is 16.8 Å². The Bertz CT molecular complexity index is 1080. The molecule has 0 saturated carbocycles. The van der Waals surface area contributed by atoms with Gasteiger partial charge in [0.05, 0.1) is 11.3 Å². The SMILES string of the molecule is Cn1nccc1-c1cnc2c(-c3cccc(Cl)c3)c[nH]n2c1=O. The lowest BCUT2D eigenvalue weighted by molar-refractivity contribution is 0.772. The molecule has 0 radical (unpaired) electrons. The third-order valence-electron chi connectivity index (χ3n) is 3.77. The van der Waals surface area contributed by atoms with E-state index in [1.54, 1.807) is 42.5 Å². The van der Waals surface area contributed by atoms with Crippen molar-refractivity contribution in [3.05, 3.63) is 64.3 Å². The van der Waals surface area contributed by atoms with Crippen LogP contribution in [0, 0.1) is 0 Å². The number of hydrogen-bond acceptors (Lipinski definition) is 3. The van der Waals surface area contributed by atoms with Crippen LogP contribution in [-0.4, -0.2) is 24.4 Å². The molecule has 0 fully saturated rings. The summed E-state index contributed by atoms with van der Waals surface area (Å²) in [6.07, 6.45) is 4.98. The monoisotopic (exact) mass is 325 g/mol. The molecule has 3 aromatic heterocycles. The van der Waals surface area contributed by atoms with E-state index in [0.29, 0.717) is 16.2 Å². The predicted molar refractivity (Wildman–Crippen MR) is 88.5 cm³/mol. The van der Waals surface area contributed by atoms with Gasteiger partial charge in [-0.1, -0.05) is 23.7 Å². The highest BCUT2D eigenvalue weighted by Gasteiger charge is 2.14. The van der Waals surface area contributed by atoms with E-state index in [1.165, 1.54) is 4.52 Å². The molecule has 23 heavy (non-hydrogen) atoms. The molecule has 6 nitrogen and oxygen atoms in total. The third-order valence-corrected chi connectivity index (χ3v) is 4.01. The fourth-order valence-electron chi connectivity index (χ4n) is 2.64. The van der Waals surface area contributed by atoms with Gasteiger partial charge in [0, 0.05) is 36.2 Å². The number of nitrogens with one attached hydrogen (secondary N) is 1. The van der Waals surface area contributed by atoms with E-state index >= 15 is 0 Å². The maximum absolute atomic E-state index is 12.7. The highest BCUT2D eigenvalue weighted by atomic mass is 35.5. The van der Waals surface area contributed by atoms with Crippen molar-refractivity contribution in [1.29, 1.82) is 0 Å². The first-order chi connectivity index (χ1) is 11.1. The highest BCUT2D eigenvalue weighted by Crippen LogP contribution is 2.25. The molecule has 3 heterocycles. The Balaban J connectivity index is 1.95. The average molecular weight is 326 g/mol. The summed E-state index contributed by atoms with van der Waals surface area (Å²) in [5.74, 6) is 0. The van der Waals surface area contributed by atoms with Crippen LogP contribution in [0.2, 0.25) is 5.02 Å². The van der Waals surface area contributed by atoms with Crippen molar-refractivity contribution in [2.45, 2.75) is 0 Å². The van der Waals surface area contributed by atoms with Crippen LogP contribution in [0.4, 0.5) is 0 Å². The lowest BCUT2D eigenvalue weighted by atomic mass is 10.1. The predicted octanol–water partition coefficient (Wildman–Crippen LogP) is 2.74. The minimum atomic E-state index is -0.174. The van der Waals surface area contributed by atoms with Crippen molar-refractivity contribution in [1.82, 2.24) is 24.4 Å². The second-order valence-corrected chi connectivity index (χ2v) is 5.61. The van der Waals surface area contributed by atoms with Gasteiger partial charge < -0.3 is 0 Å². The molecular formula is C16H12ClN5O. The van der Waals surface area contributed by atoms with E-state index in [2.05, 4.69) is 15.2 Å². The normalized spacial score (nSPS) is 11.2. The Morgan fingerprint density at radius 2 is 2.09 bits per heavy atom. The summed E-state index contributed by atoms with van der Waals surface area (Å²) in [4.78, 5) is 17.2. The zero-order valence-electron chi connectivity index (χ0n) is 12.2. The van der Waals surface area contributed by atoms with E-state index in [9.17, 15) is 4.79 Å². The van der Waals surface area contributed by atoms with Crippen molar-refractivity contribution < 1.29 is 0 Å². The van der Waals surface area contributed by atoms with Gasteiger partial charge in [0.15, 0.2) is 5.65 Å². The third kappa shape index (κ3) is 2.15. The fourth-order valence-corrected chi connectivity index (χ4v) is 2.83. The zero-order valence-corrected chi connectivity index (χ0v) is 12.9. The number of fused-ring (bicyclic) bond motifs is 1. The molecule has 114 valence electrons. The number of benzene rings is 1. The van der Waals surface area contributed by atoms with Crippen LogP contribution in [0.25, 0.3) is 28.0 Å². The standard InChI is InChI=1S/C16H12ClN5O/c1-21-14(5-6-19-21)13-8-18-15-12(9-20-22(15)16(13)23)10-3-2-4-11(17)7-10/h2-9,20H,1H3. The zero-order chi connectivity index (χ0) is 16.0. The van der Waals surface area contributed by atoms with Gasteiger partial charge in [0.25, 0.3) is 5.56 Å². The first-order valence-corrected chi connectivity index (χ1v) is 7.36. The summed E-state index contributed by atoms with van der Waals surface area (Å²) in [6.45, 7) is 0. The molecule has 4 rings (SSSR count). The topological polar surface area (TPSA) is 68.0 Å². The summed E-state index contributed by atoms with van der Waals surface area (Å²) in [5.41, 5.74) is 3.31. The van der Waals surface area contributed by atoms with E-state index < -0.39 is 0 Å². The molecule has 0 aliphatic rings. The Morgan fingerprint density at radius 3 is 2.83 bits per heavy atom. The quantitative estimate of drug-likeness (QED) is 0.616. The lowest BCUT2D eigenvalue weighted by Gasteiger charge is -2.03. The second-order valence-electron chi connectivity index (χ2n) is 5.17. The molecule has 0 saturated heterocycles. The van der Waals surface area contributed by atoms with Crippen LogP contribution >= 0.6 is 11.6 Å². The first-order valence-electron chi connectivity index (χ1n) is 6.98. The summed E-state index contributed by atoms with van der Waals surface area (Å²) in [6, 6.07) is 9.22. The van der Waals surface area contributed by atoms with Gasteiger partial charge in [-0.2, -0.15) is 5.10 Å². The number of aryl methyl sites for hydroxylation is 1. The molecular weight excluding hydrogens is 314 g/mol. The number of H-pyrrole nitrogens is 1. The van der Waals surface area contributed by atoms with Gasteiger partial charge in [-0.05, 0) is 23.8 Å². The molecule has 4 aromatic rings. The van der Waals surface area contributed by atoms with Gasteiger partial charge in [-0.3, -0.25) is 14.6 Å². The lowest BCUT2D eigenvalue weighted by Crippen LogP contribution is -2.18. The smallest absolute Gasteiger partial charge is 0.282 e. The molecule has 1 N–H and O–H groups in total. The highest BCUT2D eigenvalue weighted by molar-refractivity contribution is 6.30. The van der Waals surface area contributed by atoms with Crippen molar-refractivity contribution in [2.75, 3.05) is 0 Å². The molecule has 0 aliphatic heterocycles. The number of hydrogen-bond donors (Lipinski definition) is 1. The molecule has 0 bridgehead atoms. The van der Waals surface area contributed by atoms with E-state index in [1.807, 2.05) is 18.2 Å². The fraction of sp³-hybridized carbons (Fsp3) is 0.0625. The van der Waals surface area contributed by atoms with Gasteiger partial charge in [0.1, 0.15) is 0 Å². The molecule has 0 aliphatic carbocycles. The van der Waals surface area contributed by atoms with Crippen LogP contribution in [0.15, 0.2) is 53.7 Å². The van der Waals surface area contributed by atoms with Gasteiger partial charge in [-0.25, -0.2) is 9.50 Å². The molecule has 1 aromatic carbocycles. The summed E-state index contributed by atoms with van der Waals surface area (Å²) in [5, 5.41) is 7.69. The first kappa shape index (κ1) is 13.8. The van der Waals surface area contributed by atoms with Crippen molar-refractivity contribution in [3.63, 3.8) is 0 Å². The molecule has 0 spiro atoms. The molecule has 0 unspecified atom stereocenters. The largest absolute Gasteiger partial charge is 0.296 e. The van der Waals surface area contributed by atoms with Gasteiger partial charge in [0.2, 0.25) is 0 Å². The second kappa shape index (κ2) is 5.10. The van der Waals surface area contributed by atoms with Crippen LogP contribution in [0.5, 0.6) is 0 Å². The Hall–Kier alpha value is -2.86. The molecule has 0 atom stereocenters. The Morgan fingerprint density at radius 1 is 1.22 bits per heavy atom. The number of aromatic amines is 1. The van der Waals surface area contributed by atoms with Gasteiger partial charge >= 0.3 is 0 Å². The van der Waals surface area contributed by atoms with Gasteiger partial charge in [-0.15, -0.1) is 0 Å². The summed E-state index contributed by atoms with van der Waals surface area (Å²) >= 11 is 6.05. The average Bonchev–Trinajstić information content (AvgIpc) is 3.14. The maximum Gasteiger partial charge on any atom is 0.282 e. The van der Waals surface area contributed by atoms with Crippen LogP contribution in [0.1, 0.15) is 0 Å². The number of aromatic nitrogens is 5. The molecule has 0 amide bonds. The van der Waals surface area contributed by atoms with Crippen molar-refractivity contribution in [2.24, 2.45) is 7.05 Å². The number of rotatable bonds is 2. The van der Waals surface area contributed by atoms with E-state index in [-0.39, 0.29) is 5.56 Å². The Labute approximate surface area is 136 Å². The summed E-state index contributed by atoms with van der Waals surface area (Å²) < 4.78 is 3.07. The maximum atomic E-state index is 12.7. The Kier molecular flexibility index (Phi) is 3.06. The number of nitrogens with zero attached hydrogens (tertiary/aromatic N) is 4.